The first-order valence-corrected chi connectivity index (χ1v) is 8.35. The third-order valence-corrected chi connectivity index (χ3v) is 4.31. The zero-order chi connectivity index (χ0) is 17.9. The Balaban J connectivity index is 2.02. The number of hydrogen-bond donors (Lipinski definition) is 1. The van der Waals surface area contributed by atoms with Crippen LogP contribution >= 0.6 is 0 Å². The van der Waals surface area contributed by atoms with Crippen molar-refractivity contribution in [1.29, 1.82) is 0 Å². The Morgan fingerprint density at radius 1 is 0.615 bits per heavy atom. The number of rotatable bonds is 4. The van der Waals surface area contributed by atoms with Crippen molar-refractivity contribution in [2.24, 2.45) is 0 Å². The molecule has 4 rings (SSSR count). The summed E-state index contributed by atoms with van der Waals surface area (Å²) in [7, 11) is 0. The van der Waals surface area contributed by atoms with Crippen molar-refractivity contribution in [3.8, 4) is 5.69 Å². The molecular formula is C21H17N3O2. The highest BCUT2D eigenvalue weighted by molar-refractivity contribution is 5.35. The van der Waals surface area contributed by atoms with Crippen LogP contribution in [0.4, 0.5) is 0 Å². The van der Waals surface area contributed by atoms with E-state index in [1.807, 2.05) is 78.9 Å². The molecule has 0 amide bonds. The lowest BCUT2D eigenvalue weighted by Gasteiger charge is -2.22. The molecule has 1 N–H and O–H groups in total. The number of nitrogens with zero attached hydrogens (tertiary/aromatic N) is 2. The van der Waals surface area contributed by atoms with Gasteiger partial charge in [-0.15, -0.1) is 0 Å². The van der Waals surface area contributed by atoms with E-state index in [0.29, 0.717) is 5.69 Å². The van der Waals surface area contributed by atoms with Crippen molar-refractivity contribution in [3.63, 3.8) is 0 Å². The number of aromatic nitrogens is 3. The van der Waals surface area contributed by atoms with Crippen LogP contribution in [0.15, 0.2) is 101 Å². The van der Waals surface area contributed by atoms with E-state index in [0.717, 1.165) is 11.1 Å². The minimum atomic E-state index is -0.460. The highest BCUT2D eigenvalue weighted by Crippen LogP contribution is 2.25. The fourth-order valence-electron chi connectivity index (χ4n) is 3.18. The molecule has 1 aromatic heterocycles. The van der Waals surface area contributed by atoms with Gasteiger partial charge in [0.1, 0.15) is 6.04 Å². The van der Waals surface area contributed by atoms with Gasteiger partial charge in [-0.25, -0.2) is 14.3 Å². The first-order valence-electron chi connectivity index (χ1n) is 8.35. The quantitative estimate of drug-likeness (QED) is 0.619. The molecule has 0 bridgehead atoms. The summed E-state index contributed by atoms with van der Waals surface area (Å²) < 4.78 is 2.87. The monoisotopic (exact) mass is 343 g/mol. The SMILES string of the molecule is O=c1[nH]c(=O)n(C(c2ccccc2)c2ccccc2)n1-c1ccccc1. The Morgan fingerprint density at radius 3 is 1.58 bits per heavy atom. The van der Waals surface area contributed by atoms with E-state index in [1.54, 1.807) is 12.1 Å². The third kappa shape index (κ3) is 2.80. The topological polar surface area (TPSA) is 59.8 Å². The maximum atomic E-state index is 12.7. The normalized spacial score (nSPS) is 11.0. The highest BCUT2D eigenvalue weighted by Gasteiger charge is 2.23. The Morgan fingerprint density at radius 2 is 1.08 bits per heavy atom. The summed E-state index contributed by atoms with van der Waals surface area (Å²) in [5, 5.41) is 0. The van der Waals surface area contributed by atoms with Gasteiger partial charge in [-0.1, -0.05) is 78.9 Å². The molecule has 128 valence electrons. The van der Waals surface area contributed by atoms with E-state index < -0.39 is 17.4 Å². The molecule has 0 aliphatic heterocycles. The van der Waals surface area contributed by atoms with E-state index >= 15 is 0 Å². The van der Waals surface area contributed by atoms with E-state index in [-0.39, 0.29) is 0 Å². The number of H-pyrrole nitrogens is 1. The number of nitrogens with one attached hydrogen (secondary N) is 1. The van der Waals surface area contributed by atoms with Crippen LogP contribution in [0.1, 0.15) is 17.2 Å². The van der Waals surface area contributed by atoms with Gasteiger partial charge in [-0.3, -0.25) is 4.98 Å². The molecular weight excluding hydrogens is 326 g/mol. The van der Waals surface area contributed by atoms with Gasteiger partial charge in [0, 0.05) is 0 Å². The molecule has 0 aliphatic carbocycles. The predicted octanol–water partition coefficient (Wildman–Crippen LogP) is 2.97. The van der Waals surface area contributed by atoms with Crippen molar-refractivity contribution >= 4 is 0 Å². The predicted molar refractivity (Wildman–Crippen MR) is 101 cm³/mol. The number of hydrogen-bond acceptors (Lipinski definition) is 2. The zero-order valence-corrected chi connectivity index (χ0v) is 13.9. The van der Waals surface area contributed by atoms with E-state index in [2.05, 4.69) is 4.98 Å². The van der Waals surface area contributed by atoms with Gasteiger partial charge >= 0.3 is 11.4 Å². The molecule has 0 saturated carbocycles. The highest BCUT2D eigenvalue weighted by atomic mass is 16.2. The maximum Gasteiger partial charge on any atom is 0.349 e. The van der Waals surface area contributed by atoms with Crippen LogP contribution in [0.2, 0.25) is 0 Å². The van der Waals surface area contributed by atoms with Gasteiger partial charge in [0.25, 0.3) is 0 Å². The molecule has 0 saturated heterocycles. The summed E-state index contributed by atoms with van der Waals surface area (Å²) in [6, 6.07) is 28.1. The summed E-state index contributed by atoms with van der Waals surface area (Å²) in [4.78, 5) is 27.6. The van der Waals surface area contributed by atoms with E-state index in [4.69, 9.17) is 0 Å². The molecule has 0 atom stereocenters. The molecule has 0 radical (unpaired) electrons. The van der Waals surface area contributed by atoms with E-state index in [1.165, 1.54) is 9.36 Å². The van der Waals surface area contributed by atoms with Gasteiger partial charge in [-0.05, 0) is 23.3 Å². The summed E-state index contributed by atoms with van der Waals surface area (Å²) in [6.07, 6.45) is 0. The second-order valence-corrected chi connectivity index (χ2v) is 5.95. The van der Waals surface area contributed by atoms with Crippen LogP contribution in [0, 0.1) is 0 Å². The van der Waals surface area contributed by atoms with Crippen LogP contribution in [0.5, 0.6) is 0 Å². The molecule has 0 fully saturated rings. The van der Waals surface area contributed by atoms with Crippen LogP contribution in [-0.4, -0.2) is 14.3 Å². The standard InChI is InChI=1S/C21H17N3O2/c25-20-22-21(26)24(23(20)18-14-8-3-9-15-18)19(16-10-4-1-5-11-16)17-12-6-2-7-13-17/h1-15,19H,(H,22,25,26). The lowest BCUT2D eigenvalue weighted by atomic mass is 9.99. The lowest BCUT2D eigenvalue weighted by molar-refractivity contribution is 0.511. The summed E-state index contributed by atoms with van der Waals surface area (Å²) in [5.41, 5.74) is 1.57. The molecule has 0 unspecified atom stereocenters. The van der Waals surface area contributed by atoms with Gasteiger partial charge in [0.2, 0.25) is 0 Å². The third-order valence-electron chi connectivity index (χ3n) is 4.31. The van der Waals surface area contributed by atoms with Gasteiger partial charge in [-0.2, -0.15) is 4.68 Å². The fraction of sp³-hybridized carbons (Fsp3) is 0.0476. The largest absolute Gasteiger partial charge is 0.349 e. The molecule has 0 spiro atoms. The second-order valence-electron chi connectivity index (χ2n) is 5.95. The van der Waals surface area contributed by atoms with Crippen LogP contribution in [0.3, 0.4) is 0 Å². The molecule has 0 aliphatic rings. The maximum absolute atomic E-state index is 12.7. The molecule has 1 heterocycles. The second kappa shape index (κ2) is 6.72. The first kappa shape index (κ1) is 15.9. The Bertz CT molecular complexity index is 1070. The zero-order valence-electron chi connectivity index (χ0n) is 13.9. The summed E-state index contributed by atoms with van der Waals surface area (Å²) in [6.45, 7) is 0. The van der Waals surface area contributed by atoms with Crippen LogP contribution < -0.4 is 11.4 Å². The van der Waals surface area contributed by atoms with Gasteiger partial charge < -0.3 is 0 Å². The van der Waals surface area contributed by atoms with Crippen molar-refractivity contribution in [3.05, 3.63) is 123 Å². The molecule has 5 heteroatoms. The molecule has 5 nitrogen and oxygen atoms in total. The minimum absolute atomic E-state index is 0.427. The summed E-state index contributed by atoms with van der Waals surface area (Å²) >= 11 is 0. The number of aromatic amines is 1. The Hall–Kier alpha value is -3.60. The van der Waals surface area contributed by atoms with Crippen molar-refractivity contribution in [2.75, 3.05) is 0 Å². The Labute approximate surface area is 149 Å². The smallest absolute Gasteiger partial charge is 0.256 e. The van der Waals surface area contributed by atoms with E-state index in [9.17, 15) is 9.59 Å². The lowest BCUT2D eigenvalue weighted by Crippen LogP contribution is -2.31. The average Bonchev–Trinajstić information content (AvgIpc) is 2.98. The van der Waals surface area contributed by atoms with Gasteiger partial charge in [0.05, 0.1) is 5.69 Å². The summed E-state index contributed by atoms with van der Waals surface area (Å²) in [5.74, 6) is 0. The average molecular weight is 343 g/mol. The van der Waals surface area contributed by atoms with Gasteiger partial charge in [0.15, 0.2) is 0 Å². The fourth-order valence-corrected chi connectivity index (χ4v) is 3.18. The van der Waals surface area contributed by atoms with Crippen molar-refractivity contribution < 1.29 is 0 Å². The molecule has 26 heavy (non-hydrogen) atoms. The first-order chi connectivity index (χ1) is 12.8. The minimum Gasteiger partial charge on any atom is -0.256 e. The number of para-hydroxylation sites is 1. The van der Waals surface area contributed by atoms with Crippen LogP contribution in [0.25, 0.3) is 5.69 Å². The van der Waals surface area contributed by atoms with Crippen molar-refractivity contribution in [2.45, 2.75) is 6.04 Å². The van der Waals surface area contributed by atoms with Crippen LogP contribution in [-0.2, 0) is 0 Å². The number of benzene rings is 3. The Kier molecular flexibility index (Phi) is 4.11. The van der Waals surface area contributed by atoms with Crippen molar-refractivity contribution in [1.82, 2.24) is 14.3 Å². The molecule has 4 aromatic rings. The molecule has 3 aromatic carbocycles.